The number of carbonyl (C=O) groups excluding carboxylic acids is 2. The second kappa shape index (κ2) is 9.49. The Labute approximate surface area is 210 Å². The van der Waals surface area contributed by atoms with Crippen molar-refractivity contribution in [3.05, 3.63) is 78.6 Å². The molecule has 2 aromatic carbocycles. The molecule has 36 heavy (non-hydrogen) atoms. The Morgan fingerprint density at radius 1 is 0.917 bits per heavy atom. The number of nitrogens with zero attached hydrogens (tertiary/aromatic N) is 4. The van der Waals surface area contributed by atoms with Crippen LogP contribution in [0.5, 0.6) is 0 Å². The van der Waals surface area contributed by atoms with Gasteiger partial charge in [-0.05, 0) is 50.6 Å². The number of fused-ring (bicyclic) bond motifs is 1. The highest BCUT2D eigenvalue weighted by Crippen LogP contribution is 2.38. The van der Waals surface area contributed by atoms with Gasteiger partial charge in [0.05, 0.1) is 16.8 Å². The van der Waals surface area contributed by atoms with Crippen LogP contribution in [0.1, 0.15) is 31.1 Å². The minimum Gasteiger partial charge on any atom is -0.444 e. The molecule has 2 aromatic heterocycles. The third kappa shape index (κ3) is 4.44. The molecule has 0 unspecified atom stereocenters. The lowest BCUT2D eigenvalue weighted by atomic mass is 10.0. The van der Waals surface area contributed by atoms with E-state index in [-0.39, 0.29) is 6.09 Å². The molecule has 1 aliphatic heterocycles. The molecule has 0 spiro atoms. The van der Waals surface area contributed by atoms with Gasteiger partial charge in [0, 0.05) is 49.5 Å². The first-order chi connectivity index (χ1) is 17.4. The molecule has 4 aromatic rings. The molecule has 184 valence electrons. The third-order valence-corrected chi connectivity index (χ3v) is 6.37. The van der Waals surface area contributed by atoms with E-state index >= 15 is 0 Å². The molecule has 1 amide bonds. The van der Waals surface area contributed by atoms with E-state index in [1.807, 2.05) is 69.3 Å². The number of aromatic nitrogens is 2. The highest BCUT2D eigenvalue weighted by molar-refractivity contribution is 6.05. The van der Waals surface area contributed by atoms with Crippen LogP contribution in [0.3, 0.4) is 0 Å². The molecule has 7 nitrogen and oxygen atoms in total. The largest absolute Gasteiger partial charge is 0.444 e. The Hall–Kier alpha value is -4.13. The van der Waals surface area contributed by atoms with Gasteiger partial charge in [-0.25, -0.2) is 4.79 Å². The molecule has 5 rings (SSSR count). The van der Waals surface area contributed by atoms with Gasteiger partial charge in [0.15, 0.2) is 6.29 Å². The molecule has 3 heterocycles. The zero-order chi connectivity index (χ0) is 25.3. The first-order valence-corrected chi connectivity index (χ1v) is 12.2. The van der Waals surface area contributed by atoms with E-state index < -0.39 is 5.60 Å². The van der Waals surface area contributed by atoms with E-state index in [2.05, 4.69) is 26.6 Å². The van der Waals surface area contributed by atoms with Crippen molar-refractivity contribution >= 4 is 29.1 Å². The zero-order valence-electron chi connectivity index (χ0n) is 20.8. The average molecular weight is 483 g/mol. The van der Waals surface area contributed by atoms with Gasteiger partial charge in [-0.1, -0.05) is 36.4 Å². The highest BCUT2D eigenvalue weighted by atomic mass is 16.6. The molecular formula is C29H30N4O3. The molecule has 0 N–H and O–H groups in total. The molecule has 0 bridgehead atoms. The predicted octanol–water partition coefficient (Wildman–Crippen LogP) is 5.56. The van der Waals surface area contributed by atoms with Gasteiger partial charge in [-0.3, -0.25) is 14.3 Å². The number of hydrogen-bond donors (Lipinski definition) is 0. The quantitative estimate of drug-likeness (QED) is 0.356. The Morgan fingerprint density at radius 2 is 1.58 bits per heavy atom. The number of benzene rings is 2. The van der Waals surface area contributed by atoms with Crippen molar-refractivity contribution in [2.75, 3.05) is 31.1 Å². The predicted molar refractivity (Wildman–Crippen MR) is 142 cm³/mol. The maximum atomic E-state index is 12.6. The fourth-order valence-electron chi connectivity index (χ4n) is 4.79. The molecule has 0 aliphatic carbocycles. The topological polar surface area (TPSA) is 67.7 Å². The van der Waals surface area contributed by atoms with Crippen LogP contribution >= 0.6 is 0 Å². The monoisotopic (exact) mass is 482 g/mol. The molecular weight excluding hydrogens is 452 g/mol. The maximum absolute atomic E-state index is 12.6. The number of aldehydes is 1. The summed E-state index contributed by atoms with van der Waals surface area (Å²) in [6.45, 7) is 7.83. The van der Waals surface area contributed by atoms with Crippen molar-refractivity contribution in [1.29, 1.82) is 0 Å². The van der Waals surface area contributed by atoms with E-state index in [0.29, 0.717) is 31.7 Å². The summed E-state index contributed by atoms with van der Waals surface area (Å²) in [5, 5.41) is 0.904. The lowest BCUT2D eigenvalue weighted by Crippen LogP contribution is -2.50. The average Bonchev–Trinajstić information content (AvgIpc) is 3.22. The van der Waals surface area contributed by atoms with Gasteiger partial charge >= 0.3 is 6.09 Å². The van der Waals surface area contributed by atoms with E-state index in [9.17, 15) is 9.59 Å². The van der Waals surface area contributed by atoms with Crippen molar-refractivity contribution in [2.24, 2.45) is 0 Å². The standard InChI is InChI=1S/C29H30N4O3/c1-29(2,3)36-28(35)32-18-16-31(17-19-32)27-24(20-34)23-9-5-7-11-26(23)33(27)25-10-6-4-8-22(25)21-12-14-30-15-13-21/h4-15,20H,16-19H2,1-3H3. The molecule has 0 radical (unpaired) electrons. The molecule has 1 saturated heterocycles. The van der Waals surface area contributed by atoms with Crippen molar-refractivity contribution in [3.8, 4) is 16.8 Å². The minimum absolute atomic E-state index is 0.304. The lowest BCUT2D eigenvalue weighted by molar-refractivity contribution is 0.0240. The Balaban J connectivity index is 1.60. The Bertz CT molecular complexity index is 1400. The van der Waals surface area contributed by atoms with Crippen molar-refractivity contribution in [1.82, 2.24) is 14.5 Å². The summed E-state index contributed by atoms with van der Waals surface area (Å²) < 4.78 is 7.75. The number of amides is 1. The van der Waals surface area contributed by atoms with Gasteiger partial charge in [-0.15, -0.1) is 0 Å². The SMILES string of the molecule is CC(C)(C)OC(=O)N1CCN(c2c(C=O)c3ccccc3n2-c2ccccc2-c2ccncc2)CC1. The summed E-state index contributed by atoms with van der Waals surface area (Å²) >= 11 is 0. The van der Waals surface area contributed by atoms with Crippen LogP contribution in [0.15, 0.2) is 73.1 Å². The van der Waals surface area contributed by atoms with Crippen LogP contribution in [-0.2, 0) is 4.74 Å². The summed E-state index contributed by atoms with van der Waals surface area (Å²) in [5.74, 6) is 0.844. The van der Waals surface area contributed by atoms with Gasteiger partial charge in [0.1, 0.15) is 11.4 Å². The third-order valence-electron chi connectivity index (χ3n) is 6.37. The van der Waals surface area contributed by atoms with Crippen molar-refractivity contribution < 1.29 is 14.3 Å². The number of rotatable bonds is 4. The number of piperazine rings is 1. The van der Waals surface area contributed by atoms with E-state index in [0.717, 1.165) is 39.8 Å². The second-order valence-corrected chi connectivity index (χ2v) is 9.92. The number of pyridine rings is 1. The second-order valence-electron chi connectivity index (χ2n) is 9.92. The van der Waals surface area contributed by atoms with Crippen molar-refractivity contribution in [3.63, 3.8) is 0 Å². The molecule has 0 saturated carbocycles. The van der Waals surface area contributed by atoms with Crippen LogP contribution in [0, 0.1) is 0 Å². The smallest absolute Gasteiger partial charge is 0.410 e. The van der Waals surface area contributed by atoms with Gasteiger partial charge in [-0.2, -0.15) is 0 Å². The summed E-state index contributed by atoms with van der Waals surface area (Å²) in [5.41, 5.74) is 4.16. The zero-order valence-corrected chi connectivity index (χ0v) is 20.8. The molecule has 7 heteroatoms. The molecule has 1 fully saturated rings. The first-order valence-electron chi connectivity index (χ1n) is 12.2. The Morgan fingerprint density at radius 3 is 2.28 bits per heavy atom. The van der Waals surface area contributed by atoms with Gasteiger partial charge in [0.2, 0.25) is 0 Å². The first kappa shape index (κ1) is 23.6. The number of ether oxygens (including phenoxy) is 1. The number of hydrogen-bond acceptors (Lipinski definition) is 5. The summed E-state index contributed by atoms with van der Waals surface area (Å²) in [7, 11) is 0. The summed E-state index contributed by atoms with van der Waals surface area (Å²) in [6.07, 6.45) is 4.21. The van der Waals surface area contributed by atoms with Crippen LogP contribution in [-0.4, -0.2) is 58.6 Å². The van der Waals surface area contributed by atoms with E-state index in [1.165, 1.54) is 0 Å². The van der Waals surface area contributed by atoms with Crippen LogP contribution < -0.4 is 4.90 Å². The van der Waals surface area contributed by atoms with Crippen LogP contribution in [0.4, 0.5) is 10.6 Å². The molecule has 1 aliphatic rings. The van der Waals surface area contributed by atoms with Crippen LogP contribution in [0.2, 0.25) is 0 Å². The fraction of sp³-hybridized carbons (Fsp3) is 0.276. The normalized spacial score (nSPS) is 14.2. The fourth-order valence-corrected chi connectivity index (χ4v) is 4.79. The Kier molecular flexibility index (Phi) is 6.22. The van der Waals surface area contributed by atoms with Gasteiger partial charge < -0.3 is 14.5 Å². The minimum atomic E-state index is -0.540. The summed E-state index contributed by atoms with van der Waals surface area (Å²) in [4.78, 5) is 33.2. The van der Waals surface area contributed by atoms with Crippen molar-refractivity contribution in [2.45, 2.75) is 26.4 Å². The number of anilines is 1. The molecule has 0 atom stereocenters. The maximum Gasteiger partial charge on any atom is 0.410 e. The lowest BCUT2D eigenvalue weighted by Gasteiger charge is -2.37. The summed E-state index contributed by atoms with van der Waals surface area (Å²) in [6, 6.07) is 20.2. The van der Waals surface area contributed by atoms with Crippen LogP contribution in [0.25, 0.3) is 27.7 Å². The highest BCUT2D eigenvalue weighted by Gasteiger charge is 2.30. The van der Waals surface area contributed by atoms with Gasteiger partial charge in [0.25, 0.3) is 0 Å². The van der Waals surface area contributed by atoms with E-state index in [4.69, 9.17) is 4.74 Å². The number of carbonyl (C=O) groups is 2. The number of para-hydroxylation sites is 2. The van der Waals surface area contributed by atoms with E-state index in [1.54, 1.807) is 17.3 Å².